The van der Waals surface area contributed by atoms with Crippen LogP contribution in [0.3, 0.4) is 0 Å². The molecule has 2 rings (SSSR count). The number of aliphatic hydroxyl groups is 1. The van der Waals surface area contributed by atoms with Crippen LogP contribution in [-0.4, -0.2) is 31.4 Å². The number of aliphatic hydroxyl groups excluding tert-OH is 1. The fourth-order valence-corrected chi connectivity index (χ4v) is 2.39. The Hall–Kier alpha value is -0.900. The maximum atomic E-state index is 10.1. The molecule has 106 valence electrons. The first-order valence-corrected chi connectivity index (χ1v) is 7.23. The van der Waals surface area contributed by atoms with Crippen molar-refractivity contribution in [3.05, 3.63) is 35.4 Å². The third-order valence-electron chi connectivity index (χ3n) is 3.78. The topological polar surface area (TPSA) is 41.5 Å². The Morgan fingerprint density at radius 2 is 1.95 bits per heavy atom. The van der Waals surface area contributed by atoms with Crippen molar-refractivity contribution in [1.82, 2.24) is 5.32 Å². The van der Waals surface area contributed by atoms with Gasteiger partial charge in [0.1, 0.15) is 0 Å². The average Bonchev–Trinajstić information content (AvgIpc) is 2.92. The van der Waals surface area contributed by atoms with Crippen molar-refractivity contribution >= 4 is 0 Å². The number of nitrogens with one attached hydrogen (secondary N) is 1. The minimum atomic E-state index is -0.427. The highest BCUT2D eigenvalue weighted by Crippen LogP contribution is 2.18. The molecule has 1 heterocycles. The monoisotopic (exact) mass is 263 g/mol. The summed E-state index contributed by atoms with van der Waals surface area (Å²) in [6.07, 6.45) is 0.704. The molecular formula is C16H25NO2. The first-order chi connectivity index (χ1) is 9.16. The molecule has 2 atom stereocenters. The van der Waals surface area contributed by atoms with Crippen molar-refractivity contribution in [3.8, 4) is 0 Å². The molecule has 0 radical (unpaired) electrons. The molecule has 1 aromatic carbocycles. The Balaban J connectivity index is 1.76. The SMILES string of the molecule is CC(C)c1ccc(C(O)CNCC2CCOC2)cc1. The Morgan fingerprint density at radius 3 is 2.53 bits per heavy atom. The zero-order valence-corrected chi connectivity index (χ0v) is 11.9. The van der Waals surface area contributed by atoms with Crippen LogP contribution < -0.4 is 5.32 Å². The highest BCUT2D eigenvalue weighted by atomic mass is 16.5. The maximum Gasteiger partial charge on any atom is 0.0914 e. The van der Waals surface area contributed by atoms with Gasteiger partial charge in [0.05, 0.1) is 12.7 Å². The minimum Gasteiger partial charge on any atom is -0.387 e. The van der Waals surface area contributed by atoms with Crippen LogP contribution >= 0.6 is 0 Å². The van der Waals surface area contributed by atoms with E-state index in [1.807, 2.05) is 12.1 Å². The third kappa shape index (κ3) is 4.30. The Kier molecular flexibility index (Phi) is 5.37. The summed E-state index contributed by atoms with van der Waals surface area (Å²) in [6, 6.07) is 8.27. The Labute approximate surface area is 116 Å². The standard InChI is InChI=1S/C16H25NO2/c1-12(2)14-3-5-15(6-4-14)16(18)10-17-9-13-7-8-19-11-13/h3-6,12-13,16-18H,7-11H2,1-2H3. The van der Waals surface area contributed by atoms with E-state index < -0.39 is 6.10 Å². The van der Waals surface area contributed by atoms with Gasteiger partial charge in [-0.2, -0.15) is 0 Å². The molecule has 1 aliphatic heterocycles. The zero-order chi connectivity index (χ0) is 13.7. The van der Waals surface area contributed by atoms with Crippen LogP contribution in [0.1, 0.15) is 43.4 Å². The van der Waals surface area contributed by atoms with Gasteiger partial charge in [-0.25, -0.2) is 0 Å². The Bertz CT molecular complexity index is 369. The molecule has 1 fully saturated rings. The summed E-state index contributed by atoms with van der Waals surface area (Å²) in [7, 11) is 0. The highest BCUT2D eigenvalue weighted by molar-refractivity contribution is 5.26. The van der Waals surface area contributed by atoms with Crippen molar-refractivity contribution in [2.75, 3.05) is 26.3 Å². The molecule has 1 aromatic rings. The summed E-state index contributed by atoms with van der Waals surface area (Å²) in [5.41, 5.74) is 2.30. The van der Waals surface area contributed by atoms with Crippen molar-refractivity contribution in [2.24, 2.45) is 5.92 Å². The molecular weight excluding hydrogens is 238 g/mol. The summed E-state index contributed by atoms with van der Waals surface area (Å²) in [6.45, 7) is 7.63. The van der Waals surface area contributed by atoms with E-state index in [9.17, 15) is 5.11 Å². The van der Waals surface area contributed by atoms with Gasteiger partial charge in [0.25, 0.3) is 0 Å². The van der Waals surface area contributed by atoms with Gasteiger partial charge in [0.15, 0.2) is 0 Å². The molecule has 3 heteroatoms. The number of ether oxygens (including phenoxy) is 1. The van der Waals surface area contributed by atoms with E-state index in [-0.39, 0.29) is 0 Å². The van der Waals surface area contributed by atoms with Gasteiger partial charge in [-0.05, 0) is 29.4 Å². The molecule has 1 aliphatic rings. The predicted molar refractivity (Wildman–Crippen MR) is 77.3 cm³/mol. The molecule has 2 N–H and O–H groups in total. The number of rotatable bonds is 6. The molecule has 0 bridgehead atoms. The zero-order valence-electron chi connectivity index (χ0n) is 11.9. The molecule has 0 aliphatic carbocycles. The minimum absolute atomic E-state index is 0.427. The summed E-state index contributed by atoms with van der Waals surface area (Å²) in [4.78, 5) is 0. The largest absolute Gasteiger partial charge is 0.387 e. The fraction of sp³-hybridized carbons (Fsp3) is 0.625. The van der Waals surface area contributed by atoms with Gasteiger partial charge in [-0.15, -0.1) is 0 Å². The molecule has 0 saturated carbocycles. The molecule has 0 spiro atoms. The van der Waals surface area contributed by atoms with E-state index in [4.69, 9.17) is 4.74 Å². The van der Waals surface area contributed by atoms with E-state index in [2.05, 4.69) is 31.3 Å². The average molecular weight is 263 g/mol. The van der Waals surface area contributed by atoms with Gasteiger partial charge in [-0.1, -0.05) is 38.1 Å². The molecule has 0 aromatic heterocycles. The predicted octanol–water partition coefficient (Wildman–Crippen LogP) is 2.47. The quantitative estimate of drug-likeness (QED) is 0.828. The van der Waals surface area contributed by atoms with Crippen molar-refractivity contribution in [1.29, 1.82) is 0 Å². The van der Waals surface area contributed by atoms with Crippen LogP contribution in [0.25, 0.3) is 0 Å². The molecule has 3 nitrogen and oxygen atoms in total. The second-order valence-electron chi connectivity index (χ2n) is 5.73. The lowest BCUT2D eigenvalue weighted by molar-refractivity contribution is 0.167. The molecule has 0 amide bonds. The van der Waals surface area contributed by atoms with Gasteiger partial charge in [0.2, 0.25) is 0 Å². The normalized spacial score (nSPS) is 20.9. The van der Waals surface area contributed by atoms with Crippen LogP contribution in [0.2, 0.25) is 0 Å². The van der Waals surface area contributed by atoms with E-state index in [0.717, 1.165) is 31.7 Å². The lowest BCUT2D eigenvalue weighted by atomic mass is 10.00. The lowest BCUT2D eigenvalue weighted by Gasteiger charge is -2.15. The highest BCUT2D eigenvalue weighted by Gasteiger charge is 2.15. The number of benzene rings is 1. The smallest absolute Gasteiger partial charge is 0.0914 e. The van der Waals surface area contributed by atoms with Crippen LogP contribution in [0, 0.1) is 5.92 Å². The maximum absolute atomic E-state index is 10.1. The lowest BCUT2D eigenvalue weighted by Crippen LogP contribution is -2.27. The second-order valence-corrected chi connectivity index (χ2v) is 5.73. The van der Waals surface area contributed by atoms with Gasteiger partial charge >= 0.3 is 0 Å². The summed E-state index contributed by atoms with van der Waals surface area (Å²) < 4.78 is 5.33. The van der Waals surface area contributed by atoms with E-state index >= 15 is 0 Å². The van der Waals surface area contributed by atoms with Gasteiger partial charge in [0, 0.05) is 19.7 Å². The second kappa shape index (κ2) is 7.04. The summed E-state index contributed by atoms with van der Waals surface area (Å²) in [5, 5.41) is 13.5. The summed E-state index contributed by atoms with van der Waals surface area (Å²) in [5.74, 6) is 1.14. The fourth-order valence-electron chi connectivity index (χ4n) is 2.39. The van der Waals surface area contributed by atoms with Crippen molar-refractivity contribution < 1.29 is 9.84 Å². The first kappa shape index (κ1) is 14.5. The number of hydrogen-bond donors (Lipinski definition) is 2. The van der Waals surface area contributed by atoms with Crippen LogP contribution in [0.4, 0.5) is 0 Å². The summed E-state index contributed by atoms with van der Waals surface area (Å²) >= 11 is 0. The van der Waals surface area contributed by atoms with Gasteiger partial charge in [-0.3, -0.25) is 0 Å². The van der Waals surface area contributed by atoms with E-state index in [1.54, 1.807) is 0 Å². The third-order valence-corrected chi connectivity index (χ3v) is 3.78. The van der Waals surface area contributed by atoms with E-state index in [0.29, 0.717) is 18.4 Å². The van der Waals surface area contributed by atoms with Crippen molar-refractivity contribution in [2.45, 2.75) is 32.3 Å². The number of hydrogen-bond acceptors (Lipinski definition) is 3. The molecule has 19 heavy (non-hydrogen) atoms. The van der Waals surface area contributed by atoms with Crippen LogP contribution in [0.5, 0.6) is 0 Å². The van der Waals surface area contributed by atoms with Crippen LogP contribution in [-0.2, 0) is 4.74 Å². The van der Waals surface area contributed by atoms with Gasteiger partial charge < -0.3 is 15.2 Å². The van der Waals surface area contributed by atoms with E-state index in [1.165, 1.54) is 5.56 Å². The Morgan fingerprint density at radius 1 is 1.26 bits per heavy atom. The molecule has 1 saturated heterocycles. The molecule has 2 unspecified atom stereocenters. The first-order valence-electron chi connectivity index (χ1n) is 7.23. The van der Waals surface area contributed by atoms with Crippen molar-refractivity contribution in [3.63, 3.8) is 0 Å². The van der Waals surface area contributed by atoms with Crippen LogP contribution in [0.15, 0.2) is 24.3 Å².